The molecule has 3 heterocycles. The predicted molar refractivity (Wildman–Crippen MR) is 90.3 cm³/mol. The van der Waals surface area contributed by atoms with Gasteiger partial charge in [0.05, 0.1) is 18.3 Å². The number of aromatic nitrogens is 4. The van der Waals surface area contributed by atoms with Crippen LogP contribution in [0.15, 0.2) is 30.9 Å². The Bertz CT molecular complexity index is 671. The van der Waals surface area contributed by atoms with Crippen LogP contribution in [-0.2, 0) is 13.1 Å². The van der Waals surface area contributed by atoms with E-state index in [0.29, 0.717) is 18.2 Å². The maximum Gasteiger partial charge on any atom is 0.257 e. The maximum absolute atomic E-state index is 12.6. The number of hydrogen-bond donors (Lipinski definition) is 0. The van der Waals surface area contributed by atoms with Crippen molar-refractivity contribution in [2.24, 2.45) is 0 Å². The number of likely N-dealkylation sites (tertiary alicyclic amines) is 1. The molecular formula is C17H24N6O. The Balaban J connectivity index is 1.57. The number of nitrogens with zero attached hydrogens (tertiary/aromatic N) is 6. The molecule has 7 heteroatoms. The third kappa shape index (κ3) is 3.79. The van der Waals surface area contributed by atoms with Crippen LogP contribution in [0.4, 0.5) is 0 Å². The molecule has 1 fully saturated rings. The van der Waals surface area contributed by atoms with Crippen molar-refractivity contribution in [1.82, 2.24) is 29.5 Å². The lowest BCUT2D eigenvalue weighted by atomic mass is 10.2. The molecule has 0 saturated carbocycles. The molecule has 0 radical (unpaired) electrons. The molecular weight excluding hydrogens is 304 g/mol. The minimum absolute atomic E-state index is 0.0733. The Morgan fingerprint density at radius 3 is 2.92 bits per heavy atom. The highest BCUT2D eigenvalue weighted by Crippen LogP contribution is 2.18. The van der Waals surface area contributed by atoms with E-state index in [1.54, 1.807) is 18.6 Å². The van der Waals surface area contributed by atoms with Crippen molar-refractivity contribution in [3.8, 4) is 0 Å². The molecule has 7 nitrogen and oxygen atoms in total. The average molecular weight is 328 g/mol. The smallest absolute Gasteiger partial charge is 0.257 e. The van der Waals surface area contributed by atoms with Crippen LogP contribution in [0.2, 0.25) is 0 Å². The lowest BCUT2D eigenvalue weighted by molar-refractivity contribution is 0.0779. The molecule has 1 unspecified atom stereocenters. The van der Waals surface area contributed by atoms with Gasteiger partial charge in [0.15, 0.2) is 0 Å². The highest BCUT2D eigenvalue weighted by Gasteiger charge is 2.30. The highest BCUT2D eigenvalue weighted by molar-refractivity contribution is 5.93. The number of carbonyl (C=O) groups excluding carboxylic acids is 1. The quantitative estimate of drug-likeness (QED) is 0.802. The number of carbonyl (C=O) groups is 1. The summed E-state index contributed by atoms with van der Waals surface area (Å²) in [6, 6.07) is 2.15. The number of aryl methyl sites for hydroxylation is 1. The van der Waals surface area contributed by atoms with E-state index in [2.05, 4.69) is 33.9 Å². The van der Waals surface area contributed by atoms with Crippen molar-refractivity contribution < 1.29 is 4.79 Å². The number of likely N-dealkylation sites (N-methyl/N-ethyl adjacent to an activating group) is 1. The van der Waals surface area contributed by atoms with Crippen LogP contribution in [0.5, 0.6) is 0 Å². The molecule has 1 aliphatic heterocycles. The summed E-state index contributed by atoms with van der Waals surface area (Å²) in [7, 11) is 2.06. The molecule has 128 valence electrons. The molecule has 2 aromatic rings. The van der Waals surface area contributed by atoms with Gasteiger partial charge in [-0.25, -0.2) is 9.97 Å². The van der Waals surface area contributed by atoms with Crippen molar-refractivity contribution in [3.63, 3.8) is 0 Å². The first-order valence-corrected chi connectivity index (χ1v) is 8.45. The molecule has 0 aliphatic carbocycles. The van der Waals surface area contributed by atoms with E-state index >= 15 is 0 Å². The zero-order valence-corrected chi connectivity index (χ0v) is 14.3. The van der Waals surface area contributed by atoms with Gasteiger partial charge in [0.2, 0.25) is 0 Å². The van der Waals surface area contributed by atoms with Crippen molar-refractivity contribution in [2.75, 3.05) is 20.1 Å². The first-order chi connectivity index (χ1) is 11.7. The topological polar surface area (TPSA) is 67.2 Å². The van der Waals surface area contributed by atoms with Gasteiger partial charge in [0.1, 0.15) is 5.82 Å². The molecule has 0 aromatic carbocycles. The van der Waals surface area contributed by atoms with Crippen LogP contribution >= 0.6 is 0 Å². The van der Waals surface area contributed by atoms with Crippen molar-refractivity contribution in [1.29, 1.82) is 0 Å². The molecule has 1 saturated heterocycles. The second kappa shape index (κ2) is 7.53. The van der Waals surface area contributed by atoms with Crippen LogP contribution in [0.1, 0.15) is 35.9 Å². The third-order valence-electron chi connectivity index (χ3n) is 4.42. The summed E-state index contributed by atoms with van der Waals surface area (Å²) in [5.74, 6) is 0.884. The molecule has 24 heavy (non-hydrogen) atoms. The van der Waals surface area contributed by atoms with Crippen LogP contribution in [0.25, 0.3) is 0 Å². The second-order valence-corrected chi connectivity index (χ2v) is 6.27. The standard InChI is InChI=1S/C17H24N6O/c1-3-8-23-11-14(10-20-23)17(24)22-9-5-15(12-22)21(2)13-16-18-6-4-7-19-16/h4,6-7,10-11,15H,3,5,8-9,12-13H2,1-2H3. The normalized spacial score (nSPS) is 17.6. The van der Waals surface area contributed by atoms with E-state index < -0.39 is 0 Å². The van der Waals surface area contributed by atoms with Gasteiger partial charge in [0.25, 0.3) is 5.91 Å². The Kier molecular flexibility index (Phi) is 5.20. The minimum atomic E-state index is 0.0733. The van der Waals surface area contributed by atoms with Gasteiger partial charge in [-0.2, -0.15) is 5.10 Å². The molecule has 3 rings (SSSR count). The van der Waals surface area contributed by atoms with Crippen molar-refractivity contribution >= 4 is 5.91 Å². The zero-order valence-electron chi connectivity index (χ0n) is 14.3. The molecule has 1 atom stereocenters. The first-order valence-electron chi connectivity index (χ1n) is 8.45. The van der Waals surface area contributed by atoms with E-state index in [1.165, 1.54) is 0 Å². The van der Waals surface area contributed by atoms with E-state index in [4.69, 9.17) is 0 Å². The number of rotatable bonds is 6. The van der Waals surface area contributed by atoms with Crippen LogP contribution in [0.3, 0.4) is 0 Å². The summed E-state index contributed by atoms with van der Waals surface area (Å²) < 4.78 is 1.83. The Morgan fingerprint density at radius 1 is 1.38 bits per heavy atom. The molecule has 1 aliphatic rings. The Labute approximate surface area is 142 Å². The molecule has 2 aromatic heterocycles. The third-order valence-corrected chi connectivity index (χ3v) is 4.42. The number of hydrogen-bond acceptors (Lipinski definition) is 5. The number of amides is 1. The van der Waals surface area contributed by atoms with Crippen molar-refractivity contribution in [3.05, 3.63) is 42.2 Å². The fourth-order valence-corrected chi connectivity index (χ4v) is 3.06. The minimum Gasteiger partial charge on any atom is -0.337 e. The van der Waals surface area contributed by atoms with Crippen LogP contribution in [-0.4, -0.2) is 61.6 Å². The van der Waals surface area contributed by atoms with E-state index in [1.807, 2.05) is 21.8 Å². The second-order valence-electron chi connectivity index (χ2n) is 6.27. The largest absolute Gasteiger partial charge is 0.337 e. The predicted octanol–water partition coefficient (Wildman–Crippen LogP) is 1.43. The fourth-order valence-electron chi connectivity index (χ4n) is 3.06. The first kappa shape index (κ1) is 16.6. The van der Waals surface area contributed by atoms with Gasteiger partial charge in [-0.3, -0.25) is 14.4 Å². The monoisotopic (exact) mass is 328 g/mol. The summed E-state index contributed by atoms with van der Waals surface area (Å²) >= 11 is 0. The lowest BCUT2D eigenvalue weighted by Gasteiger charge is -2.23. The lowest BCUT2D eigenvalue weighted by Crippen LogP contribution is -2.36. The molecule has 0 bridgehead atoms. The van der Waals surface area contributed by atoms with Crippen LogP contribution in [0, 0.1) is 0 Å². The maximum atomic E-state index is 12.6. The summed E-state index contributed by atoms with van der Waals surface area (Å²) in [5.41, 5.74) is 0.679. The van der Waals surface area contributed by atoms with Crippen molar-refractivity contribution in [2.45, 2.75) is 38.9 Å². The van der Waals surface area contributed by atoms with Gasteiger partial charge < -0.3 is 4.90 Å². The molecule has 0 N–H and O–H groups in total. The van der Waals surface area contributed by atoms with Gasteiger partial charge in [-0.1, -0.05) is 6.92 Å². The Hall–Kier alpha value is -2.28. The summed E-state index contributed by atoms with van der Waals surface area (Å²) in [4.78, 5) is 25.3. The average Bonchev–Trinajstić information content (AvgIpc) is 3.25. The Morgan fingerprint density at radius 2 is 2.17 bits per heavy atom. The van der Waals surface area contributed by atoms with E-state index in [9.17, 15) is 4.79 Å². The van der Waals surface area contributed by atoms with Gasteiger partial charge in [-0.15, -0.1) is 0 Å². The summed E-state index contributed by atoms with van der Waals surface area (Å²) in [6.07, 6.45) is 9.02. The van der Waals surface area contributed by atoms with E-state index in [-0.39, 0.29) is 5.91 Å². The van der Waals surface area contributed by atoms with Gasteiger partial charge in [-0.05, 0) is 26.0 Å². The van der Waals surface area contributed by atoms with Gasteiger partial charge in [0, 0.05) is 44.3 Å². The van der Waals surface area contributed by atoms with E-state index in [0.717, 1.165) is 38.3 Å². The highest BCUT2D eigenvalue weighted by atomic mass is 16.2. The summed E-state index contributed by atoms with van der Waals surface area (Å²) in [6.45, 7) is 5.15. The van der Waals surface area contributed by atoms with Crippen LogP contribution < -0.4 is 0 Å². The fraction of sp³-hybridized carbons (Fsp3) is 0.529. The molecule has 1 amide bonds. The zero-order chi connectivity index (χ0) is 16.9. The van der Waals surface area contributed by atoms with Gasteiger partial charge >= 0.3 is 0 Å². The SMILES string of the molecule is CCCn1cc(C(=O)N2CCC(N(C)Cc3ncccn3)C2)cn1. The summed E-state index contributed by atoms with van der Waals surface area (Å²) in [5, 5.41) is 4.25. The molecule has 0 spiro atoms.